The summed E-state index contributed by atoms with van der Waals surface area (Å²) >= 11 is 1.35. The maximum Gasteiger partial charge on any atom is 0.303 e. The van der Waals surface area contributed by atoms with E-state index in [1.165, 1.54) is 22.6 Å². The van der Waals surface area contributed by atoms with E-state index in [2.05, 4.69) is 4.74 Å². The average Bonchev–Trinajstić information content (AvgIpc) is 1.63. The van der Waals surface area contributed by atoms with Gasteiger partial charge in [0.2, 0.25) is 4.11 Å². The summed E-state index contributed by atoms with van der Waals surface area (Å²) in [4.78, 5) is 10.00. The minimum absolute atomic E-state index is 0.685. The molecule has 5 heteroatoms. The van der Waals surface area contributed by atoms with E-state index in [1.54, 1.807) is 0 Å². The molecule has 0 heterocycles. The minimum Gasteiger partial charge on any atom is -0.446 e. The Morgan fingerprint density at radius 1 is 1.67 bits per heavy atom. The predicted octanol–water partition coefficient (Wildman–Crippen LogP) is 1.58. The van der Waals surface area contributed by atoms with E-state index >= 15 is 0 Å². The zero-order chi connectivity index (χ0) is 7.44. The van der Waals surface area contributed by atoms with Crippen molar-refractivity contribution in [1.29, 1.82) is 0 Å². The molecule has 2 nitrogen and oxygen atoms in total. The van der Waals surface area contributed by atoms with Crippen LogP contribution in [0.15, 0.2) is 0 Å². The van der Waals surface area contributed by atoms with Gasteiger partial charge in [-0.05, 0) is 22.6 Å². The SMILES string of the molecule is CC(=O)OC(I)C(F)F. The quantitative estimate of drug-likeness (QED) is 0.422. The van der Waals surface area contributed by atoms with Crippen LogP contribution >= 0.6 is 22.6 Å². The van der Waals surface area contributed by atoms with Gasteiger partial charge in [0.05, 0.1) is 0 Å². The van der Waals surface area contributed by atoms with Crippen LogP contribution in [0.3, 0.4) is 0 Å². The van der Waals surface area contributed by atoms with Crippen LogP contribution in [0.25, 0.3) is 0 Å². The zero-order valence-electron chi connectivity index (χ0n) is 4.61. The van der Waals surface area contributed by atoms with Crippen LogP contribution in [-0.2, 0) is 9.53 Å². The zero-order valence-corrected chi connectivity index (χ0v) is 6.76. The van der Waals surface area contributed by atoms with Crippen molar-refractivity contribution in [2.24, 2.45) is 0 Å². The molecule has 9 heavy (non-hydrogen) atoms. The molecule has 54 valence electrons. The molecule has 0 aliphatic heterocycles. The van der Waals surface area contributed by atoms with E-state index in [4.69, 9.17) is 0 Å². The summed E-state index contributed by atoms with van der Waals surface area (Å²) in [6, 6.07) is 0. The number of alkyl halides is 3. The Morgan fingerprint density at radius 2 is 2.11 bits per heavy atom. The van der Waals surface area contributed by atoms with E-state index in [9.17, 15) is 13.6 Å². The smallest absolute Gasteiger partial charge is 0.303 e. The van der Waals surface area contributed by atoms with Gasteiger partial charge in [0.1, 0.15) is 0 Å². The first-order chi connectivity index (χ1) is 4.04. The lowest BCUT2D eigenvalue weighted by atomic mass is 10.7. The van der Waals surface area contributed by atoms with E-state index in [-0.39, 0.29) is 0 Å². The van der Waals surface area contributed by atoms with E-state index < -0.39 is 16.5 Å². The van der Waals surface area contributed by atoms with Gasteiger partial charge in [-0.25, -0.2) is 8.78 Å². The first kappa shape index (κ1) is 9.06. The number of rotatable bonds is 2. The van der Waals surface area contributed by atoms with Gasteiger partial charge in [-0.1, -0.05) is 0 Å². The Balaban J connectivity index is 3.50. The fraction of sp³-hybridized carbons (Fsp3) is 0.750. The van der Waals surface area contributed by atoms with Crippen LogP contribution < -0.4 is 0 Å². The van der Waals surface area contributed by atoms with Crippen molar-refractivity contribution in [1.82, 2.24) is 0 Å². The third kappa shape index (κ3) is 4.56. The first-order valence-corrected chi connectivity index (χ1v) is 3.38. The van der Waals surface area contributed by atoms with Gasteiger partial charge >= 0.3 is 5.97 Å². The highest BCUT2D eigenvalue weighted by Gasteiger charge is 2.18. The lowest BCUT2D eigenvalue weighted by Crippen LogP contribution is -2.16. The van der Waals surface area contributed by atoms with Gasteiger partial charge in [0.15, 0.2) is 0 Å². The van der Waals surface area contributed by atoms with Crippen LogP contribution in [0.1, 0.15) is 6.92 Å². The van der Waals surface area contributed by atoms with Crippen LogP contribution in [0, 0.1) is 0 Å². The summed E-state index contributed by atoms with van der Waals surface area (Å²) in [6.45, 7) is 1.09. The van der Waals surface area contributed by atoms with E-state index in [1.807, 2.05) is 0 Å². The average molecular weight is 250 g/mol. The third-order valence-corrected chi connectivity index (χ3v) is 1.27. The molecule has 0 bridgehead atoms. The summed E-state index contributed by atoms with van der Waals surface area (Å²) < 4.78 is 25.8. The summed E-state index contributed by atoms with van der Waals surface area (Å²) in [5, 5.41) is 0. The molecular weight excluding hydrogens is 245 g/mol. The standard InChI is InChI=1S/C4H5F2IO2/c1-2(8)9-4(7)3(5)6/h3-4H,1H3. The highest BCUT2D eigenvalue weighted by molar-refractivity contribution is 14.1. The van der Waals surface area contributed by atoms with E-state index in [0.717, 1.165) is 6.92 Å². The van der Waals surface area contributed by atoms with Crippen molar-refractivity contribution in [3.8, 4) is 0 Å². The van der Waals surface area contributed by atoms with Crippen molar-refractivity contribution in [3.63, 3.8) is 0 Å². The molecular formula is C4H5F2IO2. The van der Waals surface area contributed by atoms with Gasteiger partial charge in [0, 0.05) is 6.92 Å². The highest BCUT2D eigenvalue weighted by Crippen LogP contribution is 2.12. The van der Waals surface area contributed by atoms with Crippen LogP contribution in [0.4, 0.5) is 8.78 Å². The monoisotopic (exact) mass is 250 g/mol. The molecule has 0 aromatic rings. The molecule has 0 aliphatic rings. The van der Waals surface area contributed by atoms with Crippen LogP contribution in [-0.4, -0.2) is 16.5 Å². The second kappa shape index (κ2) is 3.97. The largest absolute Gasteiger partial charge is 0.446 e. The molecule has 0 fully saturated rings. The number of hydrogen-bond donors (Lipinski definition) is 0. The number of carbonyl (C=O) groups is 1. The van der Waals surface area contributed by atoms with Gasteiger partial charge in [-0.15, -0.1) is 0 Å². The number of hydrogen-bond acceptors (Lipinski definition) is 2. The maximum absolute atomic E-state index is 11.5. The Morgan fingerprint density at radius 3 is 2.22 bits per heavy atom. The van der Waals surface area contributed by atoms with Crippen molar-refractivity contribution in [2.75, 3.05) is 0 Å². The first-order valence-electron chi connectivity index (χ1n) is 2.13. The fourth-order valence-electron chi connectivity index (χ4n) is 0.210. The second-order valence-corrected chi connectivity index (χ2v) is 2.52. The normalized spacial score (nSPS) is 13.4. The van der Waals surface area contributed by atoms with Crippen molar-refractivity contribution in [3.05, 3.63) is 0 Å². The van der Waals surface area contributed by atoms with Crippen LogP contribution in [0.2, 0.25) is 0 Å². The summed E-state index contributed by atoms with van der Waals surface area (Å²) in [6.07, 6.45) is -2.60. The van der Waals surface area contributed by atoms with Crippen molar-refractivity contribution < 1.29 is 18.3 Å². The fourth-order valence-corrected chi connectivity index (χ4v) is 0.568. The third-order valence-electron chi connectivity index (χ3n) is 0.477. The molecule has 0 rings (SSSR count). The second-order valence-electron chi connectivity index (χ2n) is 1.30. The Kier molecular flexibility index (Phi) is 4.00. The highest BCUT2D eigenvalue weighted by atomic mass is 127. The number of esters is 1. The van der Waals surface area contributed by atoms with Crippen molar-refractivity contribution >= 4 is 28.6 Å². The minimum atomic E-state index is -2.60. The molecule has 0 amide bonds. The van der Waals surface area contributed by atoms with Crippen LogP contribution in [0.5, 0.6) is 0 Å². The molecule has 0 saturated heterocycles. The summed E-state index contributed by atoms with van der Waals surface area (Å²) in [5.74, 6) is -0.685. The molecule has 0 aromatic carbocycles. The molecule has 0 aromatic heterocycles. The van der Waals surface area contributed by atoms with Gasteiger partial charge in [-0.3, -0.25) is 4.79 Å². The molecule has 1 unspecified atom stereocenters. The predicted molar refractivity (Wildman–Crippen MR) is 35.6 cm³/mol. The van der Waals surface area contributed by atoms with E-state index in [0.29, 0.717) is 0 Å². The lowest BCUT2D eigenvalue weighted by Gasteiger charge is -2.06. The molecule has 0 saturated carbocycles. The topological polar surface area (TPSA) is 26.3 Å². The maximum atomic E-state index is 11.5. The molecule has 0 N–H and O–H groups in total. The Bertz CT molecular complexity index is 107. The van der Waals surface area contributed by atoms with Gasteiger partial charge in [0.25, 0.3) is 6.43 Å². The number of ether oxygens (including phenoxy) is 1. The molecule has 0 aliphatic carbocycles. The summed E-state index contributed by atoms with van der Waals surface area (Å²) in [7, 11) is 0. The molecule has 1 atom stereocenters. The number of carbonyl (C=O) groups excluding carboxylic acids is 1. The van der Waals surface area contributed by atoms with Gasteiger partial charge in [-0.2, -0.15) is 0 Å². The summed E-state index contributed by atoms with van der Waals surface area (Å²) in [5.41, 5.74) is 0. The Labute approximate surface area is 64.7 Å². The number of halogens is 3. The molecule has 0 spiro atoms. The van der Waals surface area contributed by atoms with Crippen molar-refractivity contribution in [2.45, 2.75) is 17.5 Å². The van der Waals surface area contributed by atoms with Gasteiger partial charge < -0.3 is 4.74 Å². The molecule has 0 radical (unpaired) electrons. The lowest BCUT2D eigenvalue weighted by molar-refractivity contribution is -0.146. The Hall–Kier alpha value is 0.0600.